The summed E-state index contributed by atoms with van der Waals surface area (Å²) in [4.78, 5) is 23.8. The lowest BCUT2D eigenvalue weighted by Gasteiger charge is -2.34. The smallest absolute Gasteiger partial charge is 0.409 e. The molecular formula is C20H27N5O4S. The maximum absolute atomic E-state index is 13.0. The zero-order valence-electron chi connectivity index (χ0n) is 17.4. The molecule has 2 aromatic rings. The molecule has 9 nitrogen and oxygen atoms in total. The van der Waals surface area contributed by atoms with E-state index in [1.165, 1.54) is 6.20 Å². The number of hydrogen-bond acceptors (Lipinski definition) is 8. The Morgan fingerprint density at radius 2 is 1.80 bits per heavy atom. The van der Waals surface area contributed by atoms with Gasteiger partial charge in [0.25, 0.3) is 0 Å². The van der Waals surface area contributed by atoms with E-state index in [1.54, 1.807) is 36.1 Å². The number of nitrogens with zero attached hydrogens (tertiary/aromatic N) is 4. The summed E-state index contributed by atoms with van der Waals surface area (Å²) in [7, 11) is -3.82. The first-order valence-corrected chi connectivity index (χ1v) is 11.4. The zero-order chi connectivity index (χ0) is 21.9. The van der Waals surface area contributed by atoms with E-state index in [4.69, 9.17) is 10.5 Å². The highest BCUT2D eigenvalue weighted by Gasteiger charge is 2.26. The number of anilines is 2. The van der Waals surface area contributed by atoms with E-state index >= 15 is 0 Å². The number of rotatable bonds is 5. The second-order valence-corrected chi connectivity index (χ2v) is 9.24. The Hall–Kier alpha value is -2.88. The maximum Gasteiger partial charge on any atom is 0.409 e. The summed E-state index contributed by atoms with van der Waals surface area (Å²) < 4.78 is 30.9. The Kier molecular flexibility index (Phi) is 6.45. The van der Waals surface area contributed by atoms with E-state index in [9.17, 15) is 13.2 Å². The predicted molar refractivity (Wildman–Crippen MR) is 113 cm³/mol. The molecule has 162 valence electrons. The van der Waals surface area contributed by atoms with Gasteiger partial charge in [0.05, 0.1) is 17.7 Å². The lowest BCUT2D eigenvalue weighted by Crippen LogP contribution is -2.49. The zero-order valence-corrected chi connectivity index (χ0v) is 18.2. The summed E-state index contributed by atoms with van der Waals surface area (Å²) in [6.07, 6.45) is 0.906. The van der Waals surface area contributed by atoms with Crippen LogP contribution in [-0.4, -0.2) is 62.2 Å². The first-order chi connectivity index (χ1) is 14.2. The van der Waals surface area contributed by atoms with Gasteiger partial charge in [0.2, 0.25) is 15.8 Å². The Morgan fingerprint density at radius 1 is 1.17 bits per heavy atom. The van der Waals surface area contributed by atoms with Crippen molar-refractivity contribution in [2.24, 2.45) is 0 Å². The predicted octanol–water partition coefficient (Wildman–Crippen LogP) is 2.29. The SMILES string of the molecule is CCOC(=O)N1CCN(c2ncc(S(=O)(=O)c3ccc(C(C)C)cc3)c(N)n2)CC1. The van der Waals surface area contributed by atoms with E-state index < -0.39 is 9.84 Å². The number of ether oxygens (including phenoxy) is 1. The van der Waals surface area contributed by atoms with Gasteiger partial charge in [-0.3, -0.25) is 0 Å². The van der Waals surface area contributed by atoms with Crippen LogP contribution in [0.4, 0.5) is 16.6 Å². The number of carbonyl (C=O) groups excluding carboxylic acids is 1. The number of piperazine rings is 1. The highest BCUT2D eigenvalue weighted by molar-refractivity contribution is 7.91. The molecule has 2 N–H and O–H groups in total. The van der Waals surface area contributed by atoms with Gasteiger partial charge in [0, 0.05) is 26.2 Å². The van der Waals surface area contributed by atoms with Crippen molar-refractivity contribution in [3.05, 3.63) is 36.0 Å². The van der Waals surface area contributed by atoms with Crippen molar-refractivity contribution in [2.45, 2.75) is 36.5 Å². The van der Waals surface area contributed by atoms with Gasteiger partial charge in [0.1, 0.15) is 10.7 Å². The average Bonchev–Trinajstić information content (AvgIpc) is 2.74. The van der Waals surface area contributed by atoms with Crippen LogP contribution < -0.4 is 10.6 Å². The van der Waals surface area contributed by atoms with Crippen LogP contribution in [0, 0.1) is 0 Å². The molecule has 30 heavy (non-hydrogen) atoms. The summed E-state index contributed by atoms with van der Waals surface area (Å²) in [6.45, 7) is 8.10. The van der Waals surface area contributed by atoms with Crippen LogP contribution in [0.3, 0.4) is 0 Å². The van der Waals surface area contributed by atoms with Crippen LogP contribution in [0.2, 0.25) is 0 Å². The number of hydrogen-bond donors (Lipinski definition) is 1. The second kappa shape index (κ2) is 8.86. The third-order valence-corrected chi connectivity index (χ3v) is 6.79. The van der Waals surface area contributed by atoms with Gasteiger partial charge >= 0.3 is 6.09 Å². The standard InChI is InChI=1S/C20H27N5O4S/c1-4-29-20(26)25-11-9-24(10-12-25)19-22-13-17(18(21)23-19)30(27,28)16-7-5-15(6-8-16)14(2)3/h5-8,13-14H,4,9-12H2,1-3H3,(H2,21,22,23). The van der Waals surface area contributed by atoms with E-state index in [0.29, 0.717) is 44.7 Å². The normalized spacial score (nSPS) is 14.8. The number of amides is 1. The Morgan fingerprint density at radius 3 is 2.33 bits per heavy atom. The van der Waals surface area contributed by atoms with Crippen LogP contribution in [0.1, 0.15) is 32.3 Å². The molecule has 1 saturated heterocycles. The van der Waals surface area contributed by atoms with Crippen molar-refractivity contribution < 1.29 is 17.9 Å². The van der Waals surface area contributed by atoms with Gasteiger partial charge in [-0.25, -0.2) is 18.2 Å². The fourth-order valence-electron chi connectivity index (χ4n) is 3.20. The number of benzene rings is 1. The van der Waals surface area contributed by atoms with Gasteiger partial charge in [-0.05, 0) is 30.5 Å². The molecule has 1 aliphatic rings. The van der Waals surface area contributed by atoms with Crippen LogP contribution in [0.5, 0.6) is 0 Å². The molecule has 1 aromatic carbocycles. The van der Waals surface area contributed by atoms with Crippen LogP contribution in [0.25, 0.3) is 0 Å². The van der Waals surface area contributed by atoms with Gasteiger partial charge in [0.15, 0.2) is 0 Å². The van der Waals surface area contributed by atoms with Crippen LogP contribution in [0.15, 0.2) is 40.3 Å². The molecule has 1 fully saturated rings. The topological polar surface area (TPSA) is 119 Å². The van der Waals surface area contributed by atoms with Gasteiger partial charge < -0.3 is 20.3 Å². The molecule has 0 aliphatic carbocycles. The summed E-state index contributed by atoms with van der Waals surface area (Å²) in [5.74, 6) is 0.546. The number of aromatic nitrogens is 2. The van der Waals surface area contributed by atoms with E-state index in [2.05, 4.69) is 9.97 Å². The Balaban J connectivity index is 1.76. The van der Waals surface area contributed by atoms with Crippen molar-refractivity contribution in [3.63, 3.8) is 0 Å². The largest absolute Gasteiger partial charge is 0.450 e. The van der Waals surface area contributed by atoms with Crippen molar-refractivity contribution in [3.8, 4) is 0 Å². The van der Waals surface area contributed by atoms with Gasteiger partial charge in [-0.15, -0.1) is 0 Å². The Labute approximate surface area is 176 Å². The molecule has 0 bridgehead atoms. The number of nitrogens with two attached hydrogens (primary N) is 1. The lowest BCUT2D eigenvalue weighted by molar-refractivity contribution is 0.105. The van der Waals surface area contributed by atoms with Crippen molar-refractivity contribution in [1.82, 2.24) is 14.9 Å². The first kappa shape index (κ1) is 21.8. The average molecular weight is 434 g/mol. The Bertz CT molecular complexity index is 1000. The third-order valence-electron chi connectivity index (χ3n) is 5.01. The molecule has 1 aromatic heterocycles. The van der Waals surface area contributed by atoms with E-state index in [0.717, 1.165) is 5.56 Å². The molecule has 2 heterocycles. The van der Waals surface area contributed by atoms with Crippen molar-refractivity contribution in [2.75, 3.05) is 43.4 Å². The fourth-order valence-corrected chi connectivity index (χ4v) is 4.46. The van der Waals surface area contributed by atoms with E-state index in [1.807, 2.05) is 18.7 Å². The highest BCUT2D eigenvalue weighted by atomic mass is 32.2. The van der Waals surface area contributed by atoms with Crippen molar-refractivity contribution >= 4 is 27.7 Å². The quantitative estimate of drug-likeness (QED) is 0.763. The molecular weight excluding hydrogens is 406 g/mol. The monoisotopic (exact) mass is 433 g/mol. The molecule has 0 atom stereocenters. The fraction of sp³-hybridized carbons (Fsp3) is 0.450. The summed E-state index contributed by atoms with van der Waals surface area (Å²) >= 11 is 0. The summed E-state index contributed by atoms with van der Waals surface area (Å²) in [5, 5.41) is 0. The number of sulfone groups is 1. The first-order valence-electron chi connectivity index (χ1n) is 9.88. The molecule has 0 unspecified atom stereocenters. The lowest BCUT2D eigenvalue weighted by atomic mass is 10.0. The van der Waals surface area contributed by atoms with Crippen molar-refractivity contribution in [1.29, 1.82) is 0 Å². The highest BCUT2D eigenvalue weighted by Crippen LogP contribution is 2.27. The maximum atomic E-state index is 13.0. The minimum atomic E-state index is -3.82. The second-order valence-electron chi connectivity index (χ2n) is 7.32. The molecule has 10 heteroatoms. The third kappa shape index (κ3) is 4.48. The molecule has 0 spiro atoms. The molecule has 3 rings (SSSR count). The van der Waals surface area contributed by atoms with Gasteiger partial charge in [-0.2, -0.15) is 4.98 Å². The molecule has 0 radical (unpaired) electrons. The number of carbonyl (C=O) groups is 1. The molecule has 1 amide bonds. The molecule has 0 saturated carbocycles. The number of nitrogen functional groups attached to an aromatic ring is 1. The van der Waals surface area contributed by atoms with Crippen LogP contribution in [-0.2, 0) is 14.6 Å². The molecule has 1 aliphatic heterocycles. The summed E-state index contributed by atoms with van der Waals surface area (Å²) in [6, 6.07) is 6.75. The van der Waals surface area contributed by atoms with Crippen LogP contribution >= 0.6 is 0 Å². The van der Waals surface area contributed by atoms with Gasteiger partial charge in [-0.1, -0.05) is 26.0 Å². The minimum absolute atomic E-state index is 0.0965. The summed E-state index contributed by atoms with van der Waals surface area (Å²) in [5.41, 5.74) is 7.05. The minimum Gasteiger partial charge on any atom is -0.450 e. The van der Waals surface area contributed by atoms with E-state index in [-0.39, 0.29) is 21.7 Å².